The van der Waals surface area contributed by atoms with Crippen LogP contribution >= 0.6 is 0 Å². The monoisotopic (exact) mass is 420 g/mol. The van der Waals surface area contributed by atoms with Crippen LogP contribution in [0.3, 0.4) is 0 Å². The van der Waals surface area contributed by atoms with Crippen LogP contribution in [0, 0.1) is 0 Å². The normalized spacial score (nSPS) is 57.2. The lowest BCUT2D eigenvalue weighted by Crippen LogP contribution is -3.10. The van der Waals surface area contributed by atoms with Crippen LogP contribution in [-0.4, -0.2) is 68.3 Å². The Hall–Kier alpha value is -1.06. The zero-order chi connectivity index (χ0) is 21.0. The van der Waals surface area contributed by atoms with Gasteiger partial charge in [0.15, 0.2) is 0 Å². The first kappa shape index (κ1) is 19.7. The van der Waals surface area contributed by atoms with Crippen molar-refractivity contribution in [3.8, 4) is 0 Å². The van der Waals surface area contributed by atoms with Crippen molar-refractivity contribution in [1.82, 2.24) is 0 Å². The van der Waals surface area contributed by atoms with Gasteiger partial charge in [-0.3, -0.25) is 0 Å². The van der Waals surface area contributed by atoms with Crippen molar-refractivity contribution in [2.75, 3.05) is 0 Å². The molecule has 0 aromatic heterocycles. The van der Waals surface area contributed by atoms with Gasteiger partial charge in [0, 0.05) is 0 Å². The molecule has 2 N–H and O–H groups in total. The Kier molecular flexibility index (Phi) is 2.75. The summed E-state index contributed by atoms with van der Waals surface area (Å²) >= 11 is 0. The van der Waals surface area contributed by atoms with Crippen molar-refractivity contribution in [2.45, 2.75) is 58.1 Å². The van der Waals surface area contributed by atoms with E-state index in [4.69, 9.17) is 10.2 Å². The first-order chi connectivity index (χ1) is 11.0. The Balaban J connectivity index is 2.71. The molecule has 0 saturated heterocycles. The summed E-state index contributed by atoms with van der Waals surface area (Å²) in [5, 5.41) is 17.7. The lowest BCUT2D eigenvalue weighted by Gasteiger charge is -2.74. The van der Waals surface area contributed by atoms with Gasteiger partial charge in [0.25, 0.3) is 5.60 Å². The number of rotatable bonds is 0. The van der Waals surface area contributed by atoms with Crippen molar-refractivity contribution in [1.29, 1.82) is 0 Å². The predicted octanol–water partition coefficient (Wildman–Crippen LogP) is 2.72. The van der Waals surface area contributed by atoms with E-state index in [0.717, 1.165) is 0 Å². The van der Waals surface area contributed by atoms with E-state index in [-0.39, 0.29) is 0 Å². The molecule has 0 amide bonds. The molecule has 0 aromatic rings. The van der Waals surface area contributed by atoms with Crippen molar-refractivity contribution in [3.05, 3.63) is 0 Å². The molecule has 2 unspecified atom stereocenters. The third kappa shape index (κ3) is 0.966. The van der Waals surface area contributed by atoms with Crippen molar-refractivity contribution in [3.63, 3.8) is 0 Å². The minimum absolute atomic E-state index is 7.24. The number of hydrogen-bond acceptors (Lipinski definition) is 2. The van der Waals surface area contributed by atoms with Gasteiger partial charge in [0.05, 0.1) is 0 Å². The van der Waals surface area contributed by atoms with E-state index in [1.807, 2.05) is 0 Å². The van der Waals surface area contributed by atoms with E-state index >= 15 is 0 Å². The molecule has 4 saturated carbocycles. The fourth-order valence-corrected chi connectivity index (χ4v) is 3.87. The van der Waals surface area contributed by atoms with Gasteiger partial charge in [-0.15, -0.1) is 0 Å². The highest BCUT2D eigenvalue weighted by Crippen LogP contribution is 2.87. The van der Waals surface area contributed by atoms with Crippen molar-refractivity contribution < 1.29 is 71.7 Å². The lowest BCUT2D eigenvalue weighted by molar-refractivity contribution is -0.623. The molecular weight excluding hydrogens is 418 g/mol. The smallest absolute Gasteiger partial charge is 0.339 e. The molecule has 2 atom stereocenters. The minimum Gasteiger partial charge on any atom is -0.373 e. The van der Waals surface area contributed by atoms with Crippen LogP contribution < -0.4 is 0 Å². The molecule has 2 nitrogen and oxygen atoms in total. The molecule has 26 heavy (non-hydrogen) atoms. The molecule has 4 rings (SSSR count). The predicted molar refractivity (Wildman–Crippen MR) is 47.3 cm³/mol. The highest BCUT2D eigenvalue weighted by Gasteiger charge is 3.22. The second kappa shape index (κ2) is 3.63. The number of alkyl halides is 14. The Bertz CT molecular complexity index is 515. The standard InChI is InChI=1S/C10H2F14O2/c11-1-5(14,15)2(12)8(20,21)4(25,7(1,18)19)9(22,23)3(13,6(1,16)17)10(2,24)26/h25-26H. The van der Waals surface area contributed by atoms with E-state index < -0.39 is 58.1 Å². The van der Waals surface area contributed by atoms with Gasteiger partial charge in [-0.1, -0.05) is 0 Å². The molecule has 4 bridgehead atoms. The summed E-state index contributed by atoms with van der Waals surface area (Å²) in [5.74, 6) is -45.5. The fourth-order valence-electron chi connectivity index (χ4n) is 3.87. The van der Waals surface area contributed by atoms with Crippen LogP contribution in [0.15, 0.2) is 0 Å². The summed E-state index contributed by atoms with van der Waals surface area (Å²) in [7, 11) is 0. The van der Waals surface area contributed by atoms with Gasteiger partial charge in [-0.05, 0) is 0 Å². The maximum absolute atomic E-state index is 14.2. The Morgan fingerprint density at radius 3 is 0.846 bits per heavy atom. The van der Waals surface area contributed by atoms with Crippen LogP contribution in [0.5, 0.6) is 0 Å². The molecule has 0 aromatic carbocycles. The van der Waals surface area contributed by atoms with E-state index in [2.05, 4.69) is 0 Å². The third-order valence-electron chi connectivity index (χ3n) is 5.30. The zero-order valence-corrected chi connectivity index (χ0v) is 11.2. The Morgan fingerprint density at radius 2 is 0.577 bits per heavy atom. The van der Waals surface area contributed by atoms with Crippen LogP contribution in [-0.2, 0) is 0 Å². The van der Waals surface area contributed by atoms with Gasteiger partial charge in [-0.2, -0.15) is 43.9 Å². The van der Waals surface area contributed by atoms with Gasteiger partial charge in [0.2, 0.25) is 0 Å². The molecule has 0 aliphatic heterocycles. The average Bonchev–Trinajstić information content (AvgIpc) is 2.46. The number of aliphatic hydroxyl groups is 2. The molecule has 0 radical (unpaired) electrons. The van der Waals surface area contributed by atoms with E-state index in [1.54, 1.807) is 0 Å². The van der Waals surface area contributed by atoms with Gasteiger partial charge in [-0.25, -0.2) is 17.6 Å². The number of halogens is 14. The molecular formula is C10H2F14O2. The van der Waals surface area contributed by atoms with Gasteiger partial charge >= 0.3 is 52.5 Å². The average molecular weight is 420 g/mol. The second-order valence-electron chi connectivity index (χ2n) is 6.18. The van der Waals surface area contributed by atoms with Crippen LogP contribution in [0.25, 0.3) is 0 Å². The number of hydrogen-bond donors (Lipinski definition) is 2. The second-order valence-corrected chi connectivity index (χ2v) is 6.18. The van der Waals surface area contributed by atoms with Crippen LogP contribution in [0.2, 0.25) is 0 Å². The van der Waals surface area contributed by atoms with Crippen molar-refractivity contribution in [2.24, 2.45) is 0 Å². The molecule has 4 aliphatic carbocycles. The SMILES string of the molecule is OC1(F)C2(F)C(F)(F)C3(O)C(F)(F)C1(F)C(F)(F)C(F)(C3(F)F)C2(F)F. The van der Waals surface area contributed by atoms with Crippen molar-refractivity contribution >= 4 is 0 Å². The minimum atomic E-state index is -7.71. The summed E-state index contributed by atoms with van der Waals surface area (Å²) in [6, 6.07) is 0. The van der Waals surface area contributed by atoms with Gasteiger partial charge in [0.1, 0.15) is 0 Å². The quantitative estimate of drug-likeness (QED) is 0.592. The molecule has 152 valence electrons. The maximum Gasteiger partial charge on any atom is 0.339 e. The highest BCUT2D eigenvalue weighted by atomic mass is 19.3. The van der Waals surface area contributed by atoms with E-state index in [0.29, 0.717) is 0 Å². The summed E-state index contributed by atoms with van der Waals surface area (Å²) < 4.78 is 194. The van der Waals surface area contributed by atoms with Crippen LogP contribution in [0.4, 0.5) is 61.5 Å². The first-order valence-corrected chi connectivity index (χ1v) is 6.09. The molecule has 0 heterocycles. The third-order valence-corrected chi connectivity index (χ3v) is 5.30. The largest absolute Gasteiger partial charge is 0.373 e. The fraction of sp³-hybridized carbons (Fsp3) is 1.00. The topological polar surface area (TPSA) is 40.5 Å². The maximum atomic E-state index is 14.2. The molecule has 16 heteroatoms. The van der Waals surface area contributed by atoms with E-state index in [9.17, 15) is 61.5 Å². The van der Waals surface area contributed by atoms with E-state index in [1.165, 1.54) is 0 Å². The summed E-state index contributed by atoms with van der Waals surface area (Å²) in [6.45, 7) is 0. The summed E-state index contributed by atoms with van der Waals surface area (Å²) in [4.78, 5) is 0. The summed E-state index contributed by atoms with van der Waals surface area (Å²) in [5.41, 5.74) is -29.8. The Labute approximate surface area is 131 Å². The van der Waals surface area contributed by atoms with Gasteiger partial charge < -0.3 is 10.2 Å². The highest BCUT2D eigenvalue weighted by molar-refractivity contribution is 5.53. The first-order valence-electron chi connectivity index (χ1n) is 6.09. The molecule has 4 fully saturated rings. The lowest BCUT2D eigenvalue weighted by atomic mass is 9.40. The van der Waals surface area contributed by atoms with Crippen LogP contribution in [0.1, 0.15) is 0 Å². The molecule has 0 spiro atoms. The Morgan fingerprint density at radius 1 is 0.346 bits per heavy atom. The zero-order valence-electron chi connectivity index (χ0n) is 11.2. The molecule has 4 aliphatic rings. The summed E-state index contributed by atoms with van der Waals surface area (Å²) in [6.07, 6.45) is 0.